The molecular weight excluding hydrogens is 250 g/mol. The van der Waals surface area contributed by atoms with E-state index in [2.05, 4.69) is 0 Å². The van der Waals surface area contributed by atoms with Crippen molar-refractivity contribution in [3.8, 4) is 0 Å². The molecule has 16 heavy (non-hydrogen) atoms. The summed E-state index contributed by atoms with van der Waals surface area (Å²) in [5.74, 6) is 0. The van der Waals surface area contributed by atoms with Gasteiger partial charge in [0.05, 0.1) is 5.69 Å². The molecule has 0 radical (unpaired) electrons. The molecule has 5 nitrogen and oxygen atoms in total. The normalized spacial score (nSPS) is 21.9. The fourth-order valence-corrected chi connectivity index (χ4v) is 2.59. The molecule has 7 heteroatoms. The molecule has 0 spiro atoms. The number of hydrogen-bond donors (Lipinski definition) is 0. The van der Waals surface area contributed by atoms with Gasteiger partial charge in [-0.05, 0) is 18.2 Å². The van der Waals surface area contributed by atoms with Gasteiger partial charge < -0.3 is 0 Å². The zero-order valence-corrected chi connectivity index (χ0v) is 10.3. The second-order valence-corrected chi connectivity index (χ2v) is 5.07. The van der Waals surface area contributed by atoms with Crippen LogP contribution in [0, 0.1) is 0 Å². The molecule has 1 aliphatic heterocycles. The van der Waals surface area contributed by atoms with E-state index in [4.69, 9.17) is 11.6 Å². The molecule has 0 saturated carbocycles. The van der Waals surface area contributed by atoms with Crippen LogP contribution in [-0.4, -0.2) is 33.8 Å². The minimum absolute atomic E-state index is 0.344. The van der Waals surface area contributed by atoms with E-state index in [1.807, 2.05) is 0 Å². The number of carbonyl (C=O) groups is 1. The third-order valence-corrected chi connectivity index (χ3v) is 3.91. The number of amides is 2. The van der Waals surface area contributed by atoms with Crippen LogP contribution in [0.3, 0.4) is 0 Å². The summed E-state index contributed by atoms with van der Waals surface area (Å²) in [4.78, 5) is 11.8. The molecule has 1 heterocycles. The average Bonchev–Trinajstić information content (AvgIpc) is 2.44. The first kappa shape index (κ1) is 11.4. The highest BCUT2D eigenvalue weighted by molar-refractivity contribution is 7.85. The first-order chi connectivity index (χ1) is 7.52. The molecule has 2 amide bonds. The summed E-state index contributed by atoms with van der Waals surface area (Å²) in [7, 11) is 3.14. The molecule has 0 aliphatic carbocycles. The molecule has 0 N–H and O–H groups in total. The third-order valence-electron chi connectivity index (χ3n) is 2.30. The van der Waals surface area contributed by atoms with Gasteiger partial charge in [-0.2, -0.15) is 4.31 Å². The van der Waals surface area contributed by atoms with Crippen molar-refractivity contribution >= 4 is 34.5 Å². The second kappa shape index (κ2) is 4.04. The van der Waals surface area contributed by atoms with E-state index in [1.165, 1.54) is 13.7 Å². The highest BCUT2D eigenvalue weighted by atomic mass is 35.5. The van der Waals surface area contributed by atoms with Crippen molar-refractivity contribution in [3.63, 3.8) is 0 Å². The summed E-state index contributed by atoms with van der Waals surface area (Å²) >= 11 is 4.29. The SMILES string of the molecule is CN1C(=O)N(c2cccc(Cl)c2)S(=O)N1C. The Morgan fingerprint density at radius 3 is 2.50 bits per heavy atom. The fraction of sp³-hybridized carbons (Fsp3) is 0.222. The van der Waals surface area contributed by atoms with Crippen molar-refractivity contribution in [2.24, 2.45) is 0 Å². The fourth-order valence-electron chi connectivity index (χ4n) is 1.34. The van der Waals surface area contributed by atoms with Crippen LogP contribution >= 0.6 is 11.6 Å². The molecule has 1 saturated heterocycles. The highest BCUT2D eigenvalue weighted by Crippen LogP contribution is 2.27. The zero-order valence-electron chi connectivity index (χ0n) is 8.75. The van der Waals surface area contributed by atoms with Crippen molar-refractivity contribution in [1.82, 2.24) is 9.42 Å². The molecule has 1 fully saturated rings. The monoisotopic (exact) mass is 259 g/mol. The maximum Gasteiger partial charge on any atom is 0.352 e. The summed E-state index contributed by atoms with van der Waals surface area (Å²) in [5.41, 5.74) is 0.520. The number of anilines is 1. The lowest BCUT2D eigenvalue weighted by atomic mass is 10.3. The van der Waals surface area contributed by atoms with Gasteiger partial charge in [0.2, 0.25) is 11.2 Å². The Morgan fingerprint density at radius 1 is 1.31 bits per heavy atom. The topological polar surface area (TPSA) is 43.9 Å². The molecule has 86 valence electrons. The lowest BCUT2D eigenvalue weighted by Gasteiger charge is -2.12. The molecule has 1 aliphatic rings. The van der Waals surface area contributed by atoms with Crippen LogP contribution in [0.15, 0.2) is 24.3 Å². The van der Waals surface area contributed by atoms with Crippen molar-refractivity contribution < 1.29 is 9.00 Å². The predicted molar refractivity (Wildman–Crippen MR) is 63.0 cm³/mol. The largest absolute Gasteiger partial charge is 0.352 e. The third kappa shape index (κ3) is 1.68. The summed E-state index contributed by atoms with van der Waals surface area (Å²) in [6, 6.07) is 6.35. The van der Waals surface area contributed by atoms with E-state index in [0.29, 0.717) is 10.7 Å². The number of benzene rings is 1. The molecule has 1 aromatic carbocycles. The van der Waals surface area contributed by atoms with Crippen molar-refractivity contribution in [2.75, 3.05) is 18.4 Å². The highest BCUT2D eigenvalue weighted by Gasteiger charge is 2.39. The Bertz CT molecular complexity index is 448. The first-order valence-electron chi connectivity index (χ1n) is 4.51. The average molecular weight is 260 g/mol. The minimum Gasteiger partial charge on any atom is -0.246 e. The van der Waals surface area contributed by atoms with Gasteiger partial charge in [-0.3, -0.25) is 0 Å². The Balaban J connectivity index is 2.42. The Hall–Kier alpha value is -1.11. The van der Waals surface area contributed by atoms with Crippen LogP contribution in [0.5, 0.6) is 0 Å². The van der Waals surface area contributed by atoms with E-state index >= 15 is 0 Å². The van der Waals surface area contributed by atoms with Crippen LogP contribution in [0.2, 0.25) is 5.02 Å². The van der Waals surface area contributed by atoms with Gasteiger partial charge in [0.1, 0.15) is 0 Å². The van der Waals surface area contributed by atoms with Gasteiger partial charge in [-0.15, -0.1) is 4.41 Å². The second-order valence-electron chi connectivity index (χ2n) is 3.28. The molecular formula is C9H10ClN3O2S. The molecule has 1 atom stereocenters. The summed E-state index contributed by atoms with van der Waals surface area (Å²) in [6.07, 6.45) is 0. The van der Waals surface area contributed by atoms with Crippen molar-refractivity contribution in [3.05, 3.63) is 29.3 Å². The van der Waals surface area contributed by atoms with Gasteiger partial charge in [-0.1, -0.05) is 17.7 Å². The maximum atomic E-state index is 11.9. The maximum absolute atomic E-state index is 11.9. The number of halogens is 1. The Kier molecular flexibility index (Phi) is 2.88. The van der Waals surface area contributed by atoms with Crippen LogP contribution < -0.4 is 4.31 Å². The number of nitrogens with zero attached hydrogens (tertiary/aromatic N) is 3. The molecule has 0 bridgehead atoms. The lowest BCUT2D eigenvalue weighted by Crippen LogP contribution is -2.32. The zero-order chi connectivity index (χ0) is 11.9. The van der Waals surface area contributed by atoms with E-state index in [0.717, 1.165) is 0 Å². The van der Waals surface area contributed by atoms with E-state index < -0.39 is 11.2 Å². The minimum atomic E-state index is -1.54. The van der Waals surface area contributed by atoms with E-state index in [9.17, 15) is 9.00 Å². The Labute approximate surface area is 101 Å². The first-order valence-corrected chi connectivity index (χ1v) is 5.95. The van der Waals surface area contributed by atoms with Crippen LogP contribution in [0.4, 0.5) is 10.5 Å². The van der Waals surface area contributed by atoms with Gasteiger partial charge in [0.25, 0.3) is 0 Å². The number of rotatable bonds is 1. The van der Waals surface area contributed by atoms with Crippen molar-refractivity contribution in [1.29, 1.82) is 0 Å². The number of hydrogen-bond acceptors (Lipinski definition) is 2. The van der Waals surface area contributed by atoms with E-state index in [-0.39, 0.29) is 6.03 Å². The van der Waals surface area contributed by atoms with Crippen molar-refractivity contribution in [2.45, 2.75) is 0 Å². The molecule has 1 unspecified atom stereocenters. The summed E-state index contributed by atoms with van der Waals surface area (Å²) in [5, 5.41) is 1.79. The van der Waals surface area contributed by atoms with Gasteiger partial charge in [0, 0.05) is 19.1 Å². The molecule has 0 aromatic heterocycles. The molecule has 2 rings (SSSR count). The lowest BCUT2D eigenvalue weighted by molar-refractivity contribution is 0.162. The van der Waals surface area contributed by atoms with Crippen LogP contribution in [0.1, 0.15) is 0 Å². The smallest absolute Gasteiger partial charge is 0.246 e. The van der Waals surface area contributed by atoms with Gasteiger partial charge in [0.15, 0.2) is 0 Å². The molecule has 1 aromatic rings. The number of carbonyl (C=O) groups excluding carboxylic acids is 1. The number of hydrazine groups is 1. The Morgan fingerprint density at radius 2 is 2.00 bits per heavy atom. The standard InChI is InChI=1S/C9H10ClN3O2S/c1-11-9(14)13(16(15)12(11)2)8-5-3-4-7(10)6-8/h3-6H,1-2H3. The summed E-state index contributed by atoms with van der Waals surface area (Å²) in [6.45, 7) is 0. The quantitative estimate of drug-likeness (QED) is 0.770. The van der Waals surface area contributed by atoms with Crippen LogP contribution in [0.25, 0.3) is 0 Å². The van der Waals surface area contributed by atoms with Gasteiger partial charge >= 0.3 is 6.03 Å². The number of urea groups is 1. The summed E-state index contributed by atoms with van der Waals surface area (Å²) < 4.78 is 14.4. The van der Waals surface area contributed by atoms with E-state index in [1.54, 1.807) is 38.4 Å². The predicted octanol–water partition coefficient (Wildman–Crippen LogP) is 1.64. The van der Waals surface area contributed by atoms with Crippen LogP contribution in [-0.2, 0) is 11.2 Å². The van der Waals surface area contributed by atoms with Gasteiger partial charge in [-0.25, -0.2) is 14.0 Å².